The number of piperidine rings is 1. The molecule has 1 aliphatic heterocycles. The van der Waals surface area contributed by atoms with Crippen LogP contribution in [0.1, 0.15) is 58.1 Å². The molecule has 12 heteroatoms. The molecule has 3 aliphatic rings. The second-order valence-electron chi connectivity index (χ2n) is 10.2. The van der Waals surface area contributed by atoms with Gasteiger partial charge in [-0.05, 0) is 43.5 Å². The summed E-state index contributed by atoms with van der Waals surface area (Å²) in [5.74, 6) is -1.65. The minimum atomic E-state index is -1.19. The number of aromatic carboxylic acids is 1. The third-order valence-corrected chi connectivity index (χ3v) is 9.40. The van der Waals surface area contributed by atoms with Gasteiger partial charge in [-0.1, -0.05) is 45.8 Å². The van der Waals surface area contributed by atoms with Crippen LogP contribution in [-0.4, -0.2) is 45.9 Å². The fourth-order valence-corrected chi connectivity index (χ4v) is 7.40. The van der Waals surface area contributed by atoms with Crippen LogP contribution in [0.5, 0.6) is 0 Å². The van der Waals surface area contributed by atoms with Gasteiger partial charge in [-0.3, -0.25) is 0 Å². The number of hydrogen-bond donors (Lipinski definition) is 1. The molecule has 8 nitrogen and oxygen atoms in total. The lowest BCUT2D eigenvalue weighted by molar-refractivity contribution is 0.0191. The van der Waals surface area contributed by atoms with Gasteiger partial charge in [-0.15, -0.1) is 0 Å². The lowest BCUT2D eigenvalue weighted by Gasteiger charge is -2.31. The second-order valence-corrected chi connectivity index (χ2v) is 12.1. The Bertz CT molecular complexity index is 1650. The van der Waals surface area contributed by atoms with Crippen LogP contribution in [-0.2, 0) is 4.74 Å². The Morgan fingerprint density at radius 2 is 1.95 bits per heavy atom. The van der Waals surface area contributed by atoms with Crippen molar-refractivity contribution >= 4 is 61.8 Å². The van der Waals surface area contributed by atoms with E-state index in [1.54, 1.807) is 18.2 Å². The third-order valence-electron chi connectivity index (χ3n) is 7.74. The average molecular weight is 588 g/mol. The minimum Gasteiger partial charge on any atom is -0.478 e. The van der Waals surface area contributed by atoms with E-state index in [0.29, 0.717) is 49.9 Å². The number of rotatable bonds is 6. The normalized spacial score (nSPS) is 22.1. The van der Waals surface area contributed by atoms with E-state index in [-0.39, 0.29) is 40.6 Å². The van der Waals surface area contributed by atoms with Crippen molar-refractivity contribution in [2.75, 3.05) is 11.4 Å². The average Bonchev–Trinajstić information content (AvgIpc) is 3.23. The van der Waals surface area contributed by atoms with Gasteiger partial charge in [-0.25, -0.2) is 19.0 Å². The van der Waals surface area contributed by atoms with Gasteiger partial charge in [0, 0.05) is 36.4 Å². The molecule has 4 aromatic rings. The molecule has 0 amide bonds. The Kier molecular flexibility index (Phi) is 5.84. The fraction of sp³-hybridized carbons (Fsp3) is 0.333. The number of anilines is 1. The van der Waals surface area contributed by atoms with E-state index in [0.717, 1.165) is 25.3 Å². The molecule has 39 heavy (non-hydrogen) atoms. The van der Waals surface area contributed by atoms with Crippen molar-refractivity contribution in [2.45, 2.75) is 43.7 Å². The van der Waals surface area contributed by atoms with Gasteiger partial charge in [0.2, 0.25) is 0 Å². The molecule has 7 rings (SSSR count). The monoisotopic (exact) mass is 587 g/mol. The van der Waals surface area contributed by atoms with Crippen molar-refractivity contribution < 1.29 is 28.3 Å². The number of carbonyl (C=O) groups excluding carboxylic acids is 1. The first-order valence-corrected chi connectivity index (χ1v) is 14.1. The predicted molar refractivity (Wildman–Crippen MR) is 144 cm³/mol. The van der Waals surface area contributed by atoms with Gasteiger partial charge in [0.05, 0.1) is 20.3 Å². The summed E-state index contributed by atoms with van der Waals surface area (Å²) in [5, 5.41) is 14.8. The number of aromatic nitrogens is 2. The fourth-order valence-electron chi connectivity index (χ4n) is 5.72. The maximum atomic E-state index is 14.5. The van der Waals surface area contributed by atoms with E-state index in [1.165, 1.54) is 17.4 Å². The Hall–Kier alpha value is -3.21. The highest BCUT2D eigenvalue weighted by Crippen LogP contribution is 2.48. The zero-order chi connectivity index (χ0) is 27.0. The first-order chi connectivity index (χ1) is 18.8. The molecule has 3 fully saturated rings. The van der Waals surface area contributed by atoms with Crippen LogP contribution < -0.4 is 4.90 Å². The Morgan fingerprint density at radius 1 is 1.18 bits per heavy atom. The lowest BCUT2D eigenvalue weighted by Crippen LogP contribution is -2.39. The summed E-state index contributed by atoms with van der Waals surface area (Å²) < 4.78 is 26.7. The van der Waals surface area contributed by atoms with Gasteiger partial charge >= 0.3 is 11.9 Å². The standard InChI is InChI=1S/C27H20Cl2FN3O5S/c28-15-2-1-3-16(29)20(15)23-21(24(38-32-23)11-4-5-11)26(36)37-18-9-14-6-13(18)10-33(14)27-31-22-17(30)7-12(25(34)35)8-19(22)39-27/h1-3,7-8,11,13-14,18H,4-6,9-10H2,(H,34,35)/t13-,14-,18+/m1/s1. The highest BCUT2D eigenvalue weighted by molar-refractivity contribution is 7.22. The zero-order valence-electron chi connectivity index (χ0n) is 20.2. The number of ether oxygens (including phenoxy) is 1. The molecule has 200 valence electrons. The number of fused-ring (bicyclic) bond motifs is 3. The van der Waals surface area contributed by atoms with Crippen LogP contribution in [0.2, 0.25) is 10.0 Å². The first kappa shape index (κ1) is 24.8. The van der Waals surface area contributed by atoms with Crippen LogP contribution in [0.3, 0.4) is 0 Å². The number of thiazole rings is 1. The van der Waals surface area contributed by atoms with Crippen LogP contribution in [0.25, 0.3) is 21.5 Å². The van der Waals surface area contributed by atoms with E-state index in [4.69, 9.17) is 32.5 Å². The Balaban J connectivity index is 1.12. The highest BCUT2D eigenvalue weighted by atomic mass is 35.5. The van der Waals surface area contributed by atoms with E-state index >= 15 is 0 Å². The minimum absolute atomic E-state index is 0.0678. The molecule has 0 unspecified atom stereocenters. The molecule has 0 spiro atoms. The van der Waals surface area contributed by atoms with Crippen molar-refractivity contribution in [3.63, 3.8) is 0 Å². The molecule has 2 aromatic heterocycles. The molecule has 2 bridgehead atoms. The third kappa shape index (κ3) is 4.16. The molecule has 2 aliphatic carbocycles. The van der Waals surface area contributed by atoms with Crippen molar-refractivity contribution in [1.82, 2.24) is 10.1 Å². The number of esters is 1. The number of hydrogen-bond acceptors (Lipinski definition) is 8. The number of nitrogens with zero attached hydrogens (tertiary/aromatic N) is 3. The second kappa shape index (κ2) is 9.18. The van der Waals surface area contributed by atoms with E-state index < -0.39 is 17.8 Å². The van der Waals surface area contributed by atoms with Crippen LogP contribution in [0.4, 0.5) is 9.52 Å². The zero-order valence-corrected chi connectivity index (χ0v) is 22.5. The number of carbonyl (C=O) groups is 2. The summed E-state index contributed by atoms with van der Waals surface area (Å²) >= 11 is 14.1. The molecular formula is C27H20Cl2FN3O5S. The molecule has 1 N–H and O–H groups in total. The smallest absolute Gasteiger partial charge is 0.344 e. The maximum Gasteiger partial charge on any atom is 0.344 e. The lowest BCUT2D eigenvalue weighted by atomic mass is 10.0. The number of carboxylic acid groups (broad SMARTS) is 1. The van der Waals surface area contributed by atoms with Gasteiger partial charge in [0.25, 0.3) is 0 Å². The Labute approximate surface area is 235 Å². The van der Waals surface area contributed by atoms with Crippen LogP contribution in [0.15, 0.2) is 34.9 Å². The van der Waals surface area contributed by atoms with Crippen molar-refractivity contribution in [3.8, 4) is 11.3 Å². The summed E-state index contributed by atoms with van der Waals surface area (Å²) in [6.07, 6.45) is 2.91. The molecule has 3 heterocycles. The van der Waals surface area contributed by atoms with E-state index in [9.17, 15) is 19.1 Å². The van der Waals surface area contributed by atoms with Gasteiger partial charge in [-0.2, -0.15) is 0 Å². The van der Waals surface area contributed by atoms with Gasteiger partial charge < -0.3 is 19.3 Å². The van der Waals surface area contributed by atoms with E-state index in [2.05, 4.69) is 15.0 Å². The quantitative estimate of drug-likeness (QED) is 0.245. The van der Waals surface area contributed by atoms with Gasteiger partial charge in [0.1, 0.15) is 22.9 Å². The molecular weight excluding hydrogens is 568 g/mol. The molecule has 2 aromatic carbocycles. The molecule has 0 radical (unpaired) electrons. The van der Waals surface area contributed by atoms with Crippen molar-refractivity contribution in [1.29, 1.82) is 0 Å². The van der Waals surface area contributed by atoms with Crippen LogP contribution >= 0.6 is 34.5 Å². The summed E-state index contributed by atoms with van der Waals surface area (Å²) in [5.41, 5.74) is 1.07. The maximum absolute atomic E-state index is 14.5. The van der Waals surface area contributed by atoms with Crippen LogP contribution in [0, 0.1) is 11.7 Å². The molecule has 2 saturated carbocycles. The number of halogens is 3. The first-order valence-electron chi connectivity index (χ1n) is 12.5. The molecule has 1 saturated heterocycles. The Morgan fingerprint density at radius 3 is 2.62 bits per heavy atom. The highest BCUT2D eigenvalue weighted by Gasteiger charge is 2.48. The summed E-state index contributed by atoms with van der Waals surface area (Å²) in [6, 6.07) is 7.59. The largest absolute Gasteiger partial charge is 0.478 e. The summed E-state index contributed by atoms with van der Waals surface area (Å²) in [7, 11) is 0. The van der Waals surface area contributed by atoms with Crippen molar-refractivity contribution in [2.24, 2.45) is 5.92 Å². The SMILES string of the molecule is O=C(O)c1cc(F)c2nc(N3C[C@H]4C[C@@H]3C[C@@H]4OC(=O)c3c(-c4c(Cl)cccc4Cl)noc3C3CC3)sc2c1. The predicted octanol–water partition coefficient (Wildman–Crippen LogP) is 6.80. The number of benzene rings is 2. The summed E-state index contributed by atoms with van der Waals surface area (Å²) in [6.45, 7) is 0.595. The van der Waals surface area contributed by atoms with E-state index in [1.807, 2.05) is 0 Å². The molecule has 3 atom stereocenters. The topological polar surface area (TPSA) is 106 Å². The summed E-state index contributed by atoms with van der Waals surface area (Å²) in [4.78, 5) is 31.5. The van der Waals surface area contributed by atoms with Crippen molar-refractivity contribution in [3.05, 3.63) is 63.1 Å². The van der Waals surface area contributed by atoms with Gasteiger partial charge in [0.15, 0.2) is 16.7 Å². The number of carboxylic acids is 1.